The molecule has 1 N–H and O–H groups in total. The second kappa shape index (κ2) is 8.50. The van der Waals surface area contributed by atoms with Crippen LogP contribution in [0.25, 0.3) is 6.08 Å². The van der Waals surface area contributed by atoms with E-state index in [1.54, 1.807) is 31.3 Å². The van der Waals surface area contributed by atoms with Gasteiger partial charge >= 0.3 is 5.97 Å². The highest BCUT2D eigenvalue weighted by atomic mass is 35.5. The molecule has 1 aliphatic heterocycles. The average Bonchev–Trinajstić information content (AvgIpc) is 2.91. The van der Waals surface area contributed by atoms with E-state index in [1.807, 2.05) is 31.2 Å². The maximum Gasteiger partial charge on any atom is 0.341 e. The molecule has 0 aromatic heterocycles. The number of aliphatic imine (C=N–C) groups is 1. The maximum atomic E-state index is 12.5. The number of ether oxygens (including phenoxy) is 1. The van der Waals surface area contributed by atoms with Crippen LogP contribution in [0.4, 0.5) is 5.69 Å². The first kappa shape index (κ1) is 20.0. The van der Waals surface area contributed by atoms with E-state index >= 15 is 0 Å². The molecule has 0 bridgehead atoms. The number of aliphatic carboxylic acids is 1. The third-order valence-corrected chi connectivity index (χ3v) is 5.22. The van der Waals surface area contributed by atoms with Gasteiger partial charge in [-0.25, -0.2) is 9.79 Å². The SMILES string of the molecule is Cc1ccc(N=C2SC(=Cc3ccc(OCC(=O)O)c(Cl)c3)C(=O)N2C)cc1. The molecule has 28 heavy (non-hydrogen) atoms. The molecular weight excluding hydrogens is 400 g/mol. The van der Waals surface area contributed by atoms with Crippen LogP contribution in [0.15, 0.2) is 52.4 Å². The van der Waals surface area contributed by atoms with Gasteiger partial charge in [0.15, 0.2) is 11.8 Å². The number of carbonyl (C=O) groups is 2. The first-order valence-electron chi connectivity index (χ1n) is 8.30. The number of carboxylic acid groups (broad SMARTS) is 1. The van der Waals surface area contributed by atoms with Crippen molar-refractivity contribution in [3.63, 3.8) is 0 Å². The molecule has 2 aromatic carbocycles. The number of carbonyl (C=O) groups excluding carboxylic acids is 1. The summed E-state index contributed by atoms with van der Waals surface area (Å²) in [4.78, 5) is 29.7. The second-order valence-electron chi connectivity index (χ2n) is 6.08. The van der Waals surface area contributed by atoms with Crippen LogP contribution >= 0.6 is 23.4 Å². The predicted octanol–water partition coefficient (Wildman–Crippen LogP) is 4.35. The van der Waals surface area contributed by atoms with Crippen molar-refractivity contribution in [1.82, 2.24) is 4.90 Å². The average molecular weight is 417 g/mol. The van der Waals surface area contributed by atoms with Crippen LogP contribution < -0.4 is 4.74 Å². The largest absolute Gasteiger partial charge is 0.480 e. The van der Waals surface area contributed by atoms with Gasteiger partial charge in [-0.1, -0.05) is 35.4 Å². The molecule has 6 nitrogen and oxygen atoms in total. The molecule has 1 fully saturated rings. The van der Waals surface area contributed by atoms with Gasteiger partial charge in [-0.2, -0.15) is 0 Å². The van der Waals surface area contributed by atoms with Crippen molar-refractivity contribution in [2.45, 2.75) is 6.92 Å². The van der Waals surface area contributed by atoms with E-state index in [1.165, 1.54) is 16.7 Å². The second-order valence-corrected chi connectivity index (χ2v) is 7.49. The third-order valence-electron chi connectivity index (χ3n) is 3.87. The number of aryl methyl sites for hydroxylation is 1. The normalized spacial score (nSPS) is 16.8. The lowest BCUT2D eigenvalue weighted by atomic mass is 10.2. The van der Waals surface area contributed by atoms with E-state index in [-0.39, 0.29) is 16.7 Å². The fourth-order valence-electron chi connectivity index (χ4n) is 2.40. The number of hydrogen-bond acceptors (Lipinski definition) is 5. The molecule has 1 saturated heterocycles. The number of hydrogen-bond donors (Lipinski definition) is 1. The monoisotopic (exact) mass is 416 g/mol. The van der Waals surface area contributed by atoms with E-state index < -0.39 is 12.6 Å². The molecule has 0 atom stereocenters. The van der Waals surface area contributed by atoms with Gasteiger partial charge in [0.2, 0.25) is 0 Å². The van der Waals surface area contributed by atoms with Crippen LogP contribution in [0.1, 0.15) is 11.1 Å². The molecule has 1 heterocycles. The number of likely N-dealkylation sites (N-methyl/N-ethyl adjacent to an activating group) is 1. The van der Waals surface area contributed by atoms with Crippen LogP contribution in [0.2, 0.25) is 5.02 Å². The lowest BCUT2D eigenvalue weighted by Crippen LogP contribution is -2.23. The molecular formula is C20H17ClN2O4S. The molecule has 8 heteroatoms. The van der Waals surface area contributed by atoms with Crippen molar-refractivity contribution in [1.29, 1.82) is 0 Å². The molecule has 0 unspecified atom stereocenters. The van der Waals surface area contributed by atoms with Crippen molar-refractivity contribution >= 4 is 52.2 Å². The summed E-state index contributed by atoms with van der Waals surface area (Å²) < 4.78 is 5.10. The van der Waals surface area contributed by atoms with Gasteiger partial charge in [0.1, 0.15) is 5.75 Å². The van der Waals surface area contributed by atoms with E-state index in [2.05, 4.69) is 4.99 Å². The van der Waals surface area contributed by atoms with Gasteiger partial charge in [0.05, 0.1) is 15.6 Å². The molecule has 144 valence electrons. The number of nitrogens with zero attached hydrogens (tertiary/aromatic N) is 2. The summed E-state index contributed by atoms with van der Waals surface area (Å²) >= 11 is 7.42. The Labute approximate surface area is 171 Å². The van der Waals surface area contributed by atoms with Crippen molar-refractivity contribution < 1.29 is 19.4 Å². The van der Waals surface area contributed by atoms with Crippen LogP contribution in [0.3, 0.4) is 0 Å². The lowest BCUT2D eigenvalue weighted by molar-refractivity contribution is -0.139. The summed E-state index contributed by atoms with van der Waals surface area (Å²) in [5.41, 5.74) is 2.62. The molecule has 0 spiro atoms. The summed E-state index contributed by atoms with van der Waals surface area (Å²) in [5, 5.41) is 9.54. The zero-order chi connectivity index (χ0) is 20.3. The summed E-state index contributed by atoms with van der Waals surface area (Å²) in [6.45, 7) is 1.53. The Morgan fingerprint density at radius 2 is 2.00 bits per heavy atom. The fraction of sp³-hybridized carbons (Fsp3) is 0.150. The number of amides is 1. The van der Waals surface area contributed by atoms with E-state index in [9.17, 15) is 9.59 Å². The Balaban J connectivity index is 1.80. The topological polar surface area (TPSA) is 79.2 Å². The number of thioether (sulfide) groups is 1. The Kier molecular flexibility index (Phi) is 6.06. The fourth-order valence-corrected chi connectivity index (χ4v) is 3.63. The summed E-state index contributed by atoms with van der Waals surface area (Å²) in [6, 6.07) is 12.6. The van der Waals surface area contributed by atoms with Crippen LogP contribution in [-0.2, 0) is 9.59 Å². The predicted molar refractivity (Wildman–Crippen MR) is 111 cm³/mol. The van der Waals surface area contributed by atoms with Crippen molar-refractivity contribution in [3.8, 4) is 5.75 Å². The van der Waals surface area contributed by atoms with Gasteiger partial charge in [0.25, 0.3) is 5.91 Å². The zero-order valence-electron chi connectivity index (χ0n) is 15.2. The molecule has 0 radical (unpaired) electrons. The highest BCUT2D eigenvalue weighted by molar-refractivity contribution is 8.18. The van der Waals surface area contributed by atoms with Crippen molar-refractivity contribution in [2.75, 3.05) is 13.7 Å². The highest BCUT2D eigenvalue weighted by Gasteiger charge is 2.30. The molecule has 2 aromatic rings. The van der Waals surface area contributed by atoms with Crippen molar-refractivity contribution in [3.05, 3.63) is 63.5 Å². The van der Waals surface area contributed by atoms with Gasteiger partial charge in [-0.05, 0) is 54.6 Å². The molecule has 1 aliphatic rings. The Morgan fingerprint density at radius 1 is 1.29 bits per heavy atom. The van der Waals surface area contributed by atoms with Crippen LogP contribution in [0, 0.1) is 6.92 Å². The number of amidine groups is 1. The van der Waals surface area contributed by atoms with E-state index in [4.69, 9.17) is 21.4 Å². The molecule has 3 rings (SSSR count). The van der Waals surface area contributed by atoms with Crippen LogP contribution in [0.5, 0.6) is 5.75 Å². The number of halogens is 1. The Morgan fingerprint density at radius 3 is 2.64 bits per heavy atom. The molecule has 0 saturated carbocycles. The number of rotatable bonds is 5. The Hall–Kier alpha value is -2.77. The van der Waals surface area contributed by atoms with E-state index in [0.29, 0.717) is 15.6 Å². The summed E-state index contributed by atoms with van der Waals surface area (Å²) in [5.74, 6) is -0.966. The number of benzene rings is 2. The third kappa shape index (κ3) is 4.74. The minimum Gasteiger partial charge on any atom is -0.480 e. The number of carboxylic acids is 1. The smallest absolute Gasteiger partial charge is 0.341 e. The van der Waals surface area contributed by atoms with Crippen LogP contribution in [-0.4, -0.2) is 40.7 Å². The zero-order valence-corrected chi connectivity index (χ0v) is 16.8. The van der Waals surface area contributed by atoms with Gasteiger partial charge in [-0.15, -0.1) is 0 Å². The minimum absolute atomic E-state index is 0.154. The standard InChI is InChI=1S/C20H17ClN2O4S/c1-12-3-6-14(7-4-12)22-20-23(2)19(26)17(28-20)10-13-5-8-16(15(21)9-13)27-11-18(24)25/h3-10H,11H2,1-2H3,(H,24,25). The van der Waals surface area contributed by atoms with E-state index in [0.717, 1.165) is 11.3 Å². The van der Waals surface area contributed by atoms with Crippen molar-refractivity contribution in [2.24, 2.45) is 4.99 Å². The quantitative estimate of drug-likeness (QED) is 0.733. The molecule has 1 amide bonds. The van der Waals surface area contributed by atoms with Gasteiger partial charge < -0.3 is 9.84 Å². The van der Waals surface area contributed by atoms with Gasteiger partial charge in [-0.3, -0.25) is 9.69 Å². The maximum absolute atomic E-state index is 12.5. The Bertz CT molecular complexity index is 986. The minimum atomic E-state index is -1.08. The lowest BCUT2D eigenvalue weighted by Gasteiger charge is -2.07. The first-order valence-corrected chi connectivity index (χ1v) is 9.50. The summed E-state index contributed by atoms with van der Waals surface area (Å²) in [6.07, 6.45) is 1.72. The highest BCUT2D eigenvalue weighted by Crippen LogP contribution is 2.34. The van der Waals surface area contributed by atoms with Gasteiger partial charge in [0, 0.05) is 7.05 Å². The molecule has 0 aliphatic carbocycles. The first-order chi connectivity index (χ1) is 13.3. The summed E-state index contributed by atoms with van der Waals surface area (Å²) in [7, 11) is 1.68.